The Bertz CT molecular complexity index is 388. The van der Waals surface area contributed by atoms with Gasteiger partial charge in [-0.3, -0.25) is 0 Å². The van der Waals surface area contributed by atoms with Crippen LogP contribution in [0.3, 0.4) is 0 Å². The van der Waals surface area contributed by atoms with Crippen molar-refractivity contribution < 1.29 is 4.39 Å². The largest absolute Gasteiger partial charge is 0.302 e. The molecule has 0 aliphatic carbocycles. The topological polar surface area (TPSA) is 3.24 Å². The summed E-state index contributed by atoms with van der Waals surface area (Å²) in [5.74, 6) is 0.765. The van der Waals surface area contributed by atoms with Crippen LogP contribution in [0.2, 0.25) is 0 Å². The summed E-state index contributed by atoms with van der Waals surface area (Å²) in [7, 11) is 2.12. The first-order chi connectivity index (χ1) is 9.55. The van der Waals surface area contributed by atoms with Gasteiger partial charge in [0.1, 0.15) is 5.82 Å². The minimum Gasteiger partial charge on any atom is -0.302 e. The molecule has 1 rings (SSSR count). The van der Waals surface area contributed by atoms with Crippen LogP contribution >= 0.6 is 12.6 Å². The van der Waals surface area contributed by atoms with Crippen LogP contribution < -0.4 is 0 Å². The number of rotatable bonds is 9. The van der Waals surface area contributed by atoms with Gasteiger partial charge in [0, 0.05) is 13.1 Å². The van der Waals surface area contributed by atoms with Crippen LogP contribution in [0.1, 0.15) is 45.1 Å². The number of benzene rings is 1. The average Bonchev–Trinajstić information content (AvgIpc) is 2.39. The van der Waals surface area contributed by atoms with Crippen molar-refractivity contribution in [2.45, 2.75) is 46.1 Å². The maximum absolute atomic E-state index is 13.2. The molecule has 0 spiro atoms. The van der Waals surface area contributed by atoms with Gasteiger partial charge in [-0.05, 0) is 48.8 Å². The van der Waals surface area contributed by atoms with Gasteiger partial charge in [-0.15, -0.1) is 0 Å². The highest BCUT2D eigenvalue weighted by Crippen LogP contribution is 2.32. The molecule has 0 bridgehead atoms. The minimum atomic E-state index is -0.154. The first kappa shape index (κ1) is 17.5. The highest BCUT2D eigenvalue weighted by Gasteiger charge is 2.28. The number of hydrogen-bond donors (Lipinski definition) is 1. The van der Waals surface area contributed by atoms with E-state index in [2.05, 4.69) is 38.4 Å². The van der Waals surface area contributed by atoms with Gasteiger partial charge < -0.3 is 4.90 Å². The van der Waals surface area contributed by atoms with E-state index in [0.29, 0.717) is 0 Å². The second kappa shape index (κ2) is 8.68. The third-order valence-corrected chi connectivity index (χ3v) is 4.51. The second-order valence-electron chi connectivity index (χ2n) is 5.96. The number of thiol groups is 1. The molecule has 3 heteroatoms. The van der Waals surface area contributed by atoms with Crippen LogP contribution in [0, 0.1) is 11.2 Å². The molecule has 0 saturated heterocycles. The van der Waals surface area contributed by atoms with Crippen LogP contribution in [0.25, 0.3) is 0 Å². The molecule has 20 heavy (non-hydrogen) atoms. The molecule has 0 atom stereocenters. The summed E-state index contributed by atoms with van der Waals surface area (Å²) in [5, 5.41) is 0. The van der Waals surface area contributed by atoms with E-state index in [1.165, 1.54) is 31.7 Å². The Hall–Kier alpha value is -0.540. The van der Waals surface area contributed by atoms with Crippen LogP contribution in [-0.2, 0) is 6.54 Å². The highest BCUT2D eigenvalue weighted by molar-refractivity contribution is 7.80. The fourth-order valence-corrected chi connectivity index (χ4v) is 3.54. The molecule has 0 aliphatic rings. The van der Waals surface area contributed by atoms with Crippen molar-refractivity contribution in [3.05, 3.63) is 35.6 Å². The van der Waals surface area contributed by atoms with Crippen molar-refractivity contribution >= 4 is 12.6 Å². The first-order valence-electron chi connectivity index (χ1n) is 7.59. The minimum absolute atomic E-state index is 0.154. The molecule has 1 nitrogen and oxygen atoms in total. The van der Waals surface area contributed by atoms with Crippen molar-refractivity contribution in [2.75, 3.05) is 19.3 Å². The SMILES string of the molecule is CCCC(CS)(CCC)CN(C)Cc1cccc(F)c1. The summed E-state index contributed by atoms with van der Waals surface area (Å²) in [6.45, 7) is 6.29. The lowest BCUT2D eigenvalue weighted by molar-refractivity contribution is 0.165. The Labute approximate surface area is 129 Å². The van der Waals surface area contributed by atoms with Gasteiger partial charge in [-0.1, -0.05) is 38.8 Å². The average molecular weight is 297 g/mol. The molecule has 0 fully saturated rings. The van der Waals surface area contributed by atoms with E-state index in [0.717, 1.165) is 24.4 Å². The Morgan fingerprint density at radius 3 is 2.35 bits per heavy atom. The monoisotopic (exact) mass is 297 g/mol. The van der Waals surface area contributed by atoms with Gasteiger partial charge in [0.05, 0.1) is 0 Å². The standard InChI is InChI=1S/C17H28FNS/c1-4-9-17(14-20,10-5-2)13-19(3)12-15-7-6-8-16(18)11-15/h6-8,11,20H,4-5,9-10,12-14H2,1-3H3. The van der Waals surface area contributed by atoms with Gasteiger partial charge in [-0.25, -0.2) is 4.39 Å². The molecule has 0 amide bonds. The molecule has 0 saturated carbocycles. The summed E-state index contributed by atoms with van der Waals surface area (Å²) >= 11 is 4.60. The normalized spacial score (nSPS) is 12.1. The summed E-state index contributed by atoms with van der Waals surface area (Å²) in [5.41, 5.74) is 1.32. The van der Waals surface area contributed by atoms with Crippen molar-refractivity contribution in [2.24, 2.45) is 5.41 Å². The van der Waals surface area contributed by atoms with Crippen LogP contribution in [0.5, 0.6) is 0 Å². The molecule has 114 valence electrons. The third-order valence-electron chi connectivity index (χ3n) is 3.84. The summed E-state index contributed by atoms with van der Waals surface area (Å²) in [6.07, 6.45) is 4.79. The molecule has 0 aromatic heterocycles. The molecule has 0 aliphatic heterocycles. The number of halogens is 1. The van der Waals surface area contributed by atoms with E-state index < -0.39 is 0 Å². The number of nitrogens with zero attached hydrogens (tertiary/aromatic N) is 1. The van der Waals surface area contributed by atoms with E-state index in [1.807, 2.05) is 6.07 Å². The molecule has 1 aromatic carbocycles. The molecule has 0 radical (unpaired) electrons. The zero-order valence-electron chi connectivity index (χ0n) is 13.0. The molecule has 0 unspecified atom stereocenters. The first-order valence-corrected chi connectivity index (χ1v) is 8.22. The van der Waals surface area contributed by atoms with E-state index in [9.17, 15) is 4.39 Å². The van der Waals surface area contributed by atoms with Gasteiger partial charge in [0.2, 0.25) is 0 Å². The molecule has 0 N–H and O–H groups in total. The van der Waals surface area contributed by atoms with Crippen LogP contribution in [-0.4, -0.2) is 24.2 Å². The summed E-state index contributed by atoms with van der Waals surface area (Å²) in [4.78, 5) is 2.30. The zero-order chi connectivity index (χ0) is 15.0. The Kier molecular flexibility index (Phi) is 7.60. The quantitative estimate of drug-likeness (QED) is 0.642. The van der Waals surface area contributed by atoms with Gasteiger partial charge in [0.15, 0.2) is 0 Å². The third kappa shape index (κ3) is 5.45. The molecule has 1 aromatic rings. The maximum Gasteiger partial charge on any atom is 0.123 e. The van der Waals surface area contributed by atoms with Crippen LogP contribution in [0.4, 0.5) is 4.39 Å². The lowest BCUT2D eigenvalue weighted by Crippen LogP contribution is -2.37. The lowest BCUT2D eigenvalue weighted by Gasteiger charge is -2.36. The molecule has 0 heterocycles. The molecular weight excluding hydrogens is 269 g/mol. The van der Waals surface area contributed by atoms with Crippen LogP contribution in [0.15, 0.2) is 24.3 Å². The summed E-state index contributed by atoms with van der Waals surface area (Å²) in [6, 6.07) is 6.89. The van der Waals surface area contributed by atoms with E-state index in [4.69, 9.17) is 0 Å². The lowest BCUT2D eigenvalue weighted by atomic mass is 9.80. The zero-order valence-corrected chi connectivity index (χ0v) is 13.9. The predicted molar refractivity (Wildman–Crippen MR) is 88.8 cm³/mol. The Balaban J connectivity index is 2.67. The van der Waals surface area contributed by atoms with E-state index >= 15 is 0 Å². The Morgan fingerprint density at radius 2 is 1.85 bits per heavy atom. The Morgan fingerprint density at radius 1 is 1.20 bits per heavy atom. The van der Waals surface area contributed by atoms with Crippen molar-refractivity contribution in [3.63, 3.8) is 0 Å². The highest BCUT2D eigenvalue weighted by atomic mass is 32.1. The smallest absolute Gasteiger partial charge is 0.123 e. The van der Waals surface area contributed by atoms with Crippen molar-refractivity contribution in [1.82, 2.24) is 4.90 Å². The predicted octanol–water partition coefficient (Wildman–Crippen LogP) is 4.77. The van der Waals surface area contributed by atoms with Crippen molar-refractivity contribution in [3.8, 4) is 0 Å². The fraction of sp³-hybridized carbons (Fsp3) is 0.647. The molecular formula is C17H28FNS. The summed E-state index contributed by atoms with van der Waals surface area (Å²) < 4.78 is 13.2. The van der Waals surface area contributed by atoms with Gasteiger partial charge in [-0.2, -0.15) is 12.6 Å². The fourth-order valence-electron chi connectivity index (χ4n) is 3.13. The second-order valence-corrected chi connectivity index (χ2v) is 6.28. The van der Waals surface area contributed by atoms with Gasteiger partial charge >= 0.3 is 0 Å². The maximum atomic E-state index is 13.2. The van der Waals surface area contributed by atoms with E-state index in [1.54, 1.807) is 12.1 Å². The van der Waals surface area contributed by atoms with Gasteiger partial charge in [0.25, 0.3) is 0 Å². The number of hydrogen-bond acceptors (Lipinski definition) is 2. The van der Waals surface area contributed by atoms with E-state index in [-0.39, 0.29) is 11.2 Å². The van der Waals surface area contributed by atoms with Crippen molar-refractivity contribution in [1.29, 1.82) is 0 Å².